The molecule has 0 saturated carbocycles. The lowest BCUT2D eigenvalue weighted by atomic mass is 10.2. The molecule has 1 aromatic heterocycles. The Morgan fingerprint density at radius 3 is 2.61 bits per heavy atom. The van der Waals surface area contributed by atoms with Gasteiger partial charge in [0.15, 0.2) is 5.82 Å². The van der Waals surface area contributed by atoms with Gasteiger partial charge < -0.3 is 15.4 Å². The van der Waals surface area contributed by atoms with Crippen molar-refractivity contribution in [3.8, 4) is 5.88 Å². The number of hydrogen-bond acceptors (Lipinski definition) is 5. The summed E-state index contributed by atoms with van der Waals surface area (Å²) in [4.78, 5) is 10.7. The van der Waals surface area contributed by atoms with Crippen LogP contribution in [0.4, 0.5) is 11.5 Å². The van der Waals surface area contributed by atoms with Gasteiger partial charge in [0.1, 0.15) is 12.0 Å². The molecular weight excluding hydrogens is 228 g/mol. The monoisotopic (exact) mass is 250 g/mol. The molecule has 18 heavy (non-hydrogen) atoms. The summed E-state index contributed by atoms with van der Waals surface area (Å²) in [5.41, 5.74) is 6.69. The van der Waals surface area contributed by atoms with Crippen LogP contribution in [0.5, 0.6) is 5.88 Å². The van der Waals surface area contributed by atoms with Crippen molar-refractivity contribution in [2.45, 2.75) is 39.0 Å². The van der Waals surface area contributed by atoms with Crippen molar-refractivity contribution in [2.75, 3.05) is 30.3 Å². The minimum absolute atomic E-state index is 0.520. The lowest BCUT2D eigenvalue weighted by molar-refractivity contribution is 0.306. The van der Waals surface area contributed by atoms with Gasteiger partial charge in [0.2, 0.25) is 5.88 Å². The Bertz CT molecular complexity index is 375. The van der Waals surface area contributed by atoms with Gasteiger partial charge in [-0.2, -0.15) is 4.98 Å². The van der Waals surface area contributed by atoms with Gasteiger partial charge >= 0.3 is 0 Å². The lowest BCUT2D eigenvalue weighted by Gasteiger charge is -2.23. The molecule has 2 N–H and O–H groups in total. The van der Waals surface area contributed by atoms with Crippen molar-refractivity contribution < 1.29 is 4.74 Å². The van der Waals surface area contributed by atoms with Crippen molar-refractivity contribution in [3.63, 3.8) is 0 Å². The molecular formula is C13H22N4O. The van der Waals surface area contributed by atoms with Crippen molar-refractivity contribution in [2.24, 2.45) is 0 Å². The van der Waals surface area contributed by atoms with Crippen molar-refractivity contribution in [1.82, 2.24) is 9.97 Å². The number of ether oxygens (including phenoxy) is 1. The molecule has 0 radical (unpaired) electrons. The van der Waals surface area contributed by atoms with Gasteiger partial charge in [-0.3, -0.25) is 0 Å². The van der Waals surface area contributed by atoms with Crippen LogP contribution in [-0.4, -0.2) is 29.7 Å². The van der Waals surface area contributed by atoms with Crippen LogP contribution in [0.15, 0.2) is 6.33 Å². The lowest BCUT2D eigenvalue weighted by Crippen LogP contribution is -2.26. The molecule has 5 heteroatoms. The van der Waals surface area contributed by atoms with Crippen LogP contribution in [0.3, 0.4) is 0 Å². The summed E-state index contributed by atoms with van der Waals surface area (Å²) in [5, 5.41) is 0. The quantitative estimate of drug-likeness (QED) is 0.887. The molecule has 1 saturated heterocycles. The topological polar surface area (TPSA) is 64.3 Å². The van der Waals surface area contributed by atoms with E-state index in [4.69, 9.17) is 10.5 Å². The Labute approximate surface area is 108 Å². The highest BCUT2D eigenvalue weighted by molar-refractivity contribution is 5.67. The van der Waals surface area contributed by atoms with Crippen molar-refractivity contribution >= 4 is 11.5 Å². The van der Waals surface area contributed by atoms with E-state index in [1.807, 2.05) is 0 Å². The second-order valence-corrected chi connectivity index (χ2v) is 4.67. The van der Waals surface area contributed by atoms with Crippen LogP contribution in [0.2, 0.25) is 0 Å². The summed E-state index contributed by atoms with van der Waals surface area (Å²) in [5.74, 6) is 1.35. The fourth-order valence-electron chi connectivity index (χ4n) is 2.22. The Balaban J connectivity index is 2.15. The zero-order chi connectivity index (χ0) is 12.8. The number of nitrogen functional groups attached to an aromatic ring is 1. The van der Waals surface area contributed by atoms with Gasteiger partial charge in [0.25, 0.3) is 0 Å². The molecule has 2 heterocycles. The molecule has 1 aromatic rings. The summed E-state index contributed by atoms with van der Waals surface area (Å²) in [6, 6.07) is 0. The van der Waals surface area contributed by atoms with Crippen LogP contribution >= 0.6 is 0 Å². The van der Waals surface area contributed by atoms with E-state index in [1.54, 1.807) is 6.33 Å². The molecule has 0 aliphatic carbocycles. The van der Waals surface area contributed by atoms with Crippen LogP contribution in [0, 0.1) is 0 Å². The van der Waals surface area contributed by atoms with E-state index in [0.717, 1.165) is 25.3 Å². The van der Waals surface area contributed by atoms with E-state index in [2.05, 4.69) is 21.8 Å². The molecule has 0 unspecified atom stereocenters. The number of aromatic nitrogens is 2. The van der Waals surface area contributed by atoms with Crippen LogP contribution in [0.1, 0.15) is 39.0 Å². The minimum atomic E-state index is 0.520. The Morgan fingerprint density at radius 1 is 1.22 bits per heavy atom. The first kappa shape index (κ1) is 12.9. The zero-order valence-corrected chi connectivity index (χ0v) is 11.1. The maximum atomic E-state index is 6.11. The van der Waals surface area contributed by atoms with Crippen molar-refractivity contribution in [3.05, 3.63) is 6.33 Å². The number of anilines is 2. The number of nitrogens with zero attached hydrogens (tertiary/aromatic N) is 3. The Hall–Kier alpha value is -1.52. The molecule has 0 aromatic carbocycles. The summed E-state index contributed by atoms with van der Waals surface area (Å²) >= 11 is 0. The van der Waals surface area contributed by atoms with E-state index in [9.17, 15) is 0 Å². The maximum Gasteiger partial charge on any atom is 0.242 e. The molecule has 0 amide bonds. The highest BCUT2D eigenvalue weighted by Gasteiger charge is 2.17. The average molecular weight is 250 g/mol. The predicted octanol–water partition coefficient (Wildman–Crippen LogP) is 2.23. The van der Waals surface area contributed by atoms with Crippen molar-refractivity contribution in [1.29, 1.82) is 0 Å². The molecule has 1 aliphatic heterocycles. The van der Waals surface area contributed by atoms with Crippen LogP contribution in [-0.2, 0) is 0 Å². The molecule has 2 rings (SSSR count). The van der Waals surface area contributed by atoms with E-state index in [0.29, 0.717) is 18.2 Å². The Morgan fingerprint density at radius 2 is 1.94 bits per heavy atom. The molecule has 5 nitrogen and oxygen atoms in total. The second kappa shape index (κ2) is 6.42. The summed E-state index contributed by atoms with van der Waals surface area (Å²) < 4.78 is 5.55. The number of nitrogens with two attached hydrogens (primary N) is 1. The zero-order valence-electron chi connectivity index (χ0n) is 11.1. The van der Waals surface area contributed by atoms with Gasteiger partial charge in [-0.1, -0.05) is 19.8 Å². The molecule has 0 bridgehead atoms. The van der Waals surface area contributed by atoms with Gasteiger partial charge in [-0.15, -0.1) is 0 Å². The molecule has 0 spiro atoms. The van der Waals surface area contributed by atoms with Gasteiger partial charge in [0.05, 0.1) is 6.61 Å². The third-order valence-electron chi connectivity index (χ3n) is 3.17. The van der Waals surface area contributed by atoms with Crippen LogP contribution in [0.25, 0.3) is 0 Å². The maximum absolute atomic E-state index is 6.11. The average Bonchev–Trinajstić information content (AvgIpc) is 2.66. The summed E-state index contributed by atoms with van der Waals surface area (Å²) in [6.45, 7) is 4.75. The molecule has 0 atom stereocenters. The molecule has 1 fully saturated rings. The van der Waals surface area contributed by atoms with Crippen LogP contribution < -0.4 is 15.4 Å². The standard InChI is InChI=1S/C13H22N4O/c1-2-9-18-13-11(14)12(15-10-16-13)17-7-5-3-4-6-8-17/h10H,2-9,14H2,1H3. The first-order chi connectivity index (χ1) is 8.83. The van der Waals surface area contributed by atoms with E-state index in [1.165, 1.54) is 25.7 Å². The fourth-order valence-corrected chi connectivity index (χ4v) is 2.22. The molecule has 100 valence electrons. The first-order valence-corrected chi connectivity index (χ1v) is 6.81. The summed E-state index contributed by atoms with van der Waals surface area (Å²) in [7, 11) is 0. The SMILES string of the molecule is CCCOc1ncnc(N2CCCCCC2)c1N. The minimum Gasteiger partial charge on any atom is -0.476 e. The Kier molecular flexibility index (Phi) is 4.61. The van der Waals surface area contributed by atoms with Gasteiger partial charge in [-0.25, -0.2) is 4.98 Å². The normalized spacial score (nSPS) is 16.4. The third kappa shape index (κ3) is 3.03. The smallest absolute Gasteiger partial charge is 0.242 e. The predicted molar refractivity (Wildman–Crippen MR) is 72.9 cm³/mol. The largest absolute Gasteiger partial charge is 0.476 e. The highest BCUT2D eigenvalue weighted by Crippen LogP contribution is 2.29. The van der Waals surface area contributed by atoms with E-state index >= 15 is 0 Å². The third-order valence-corrected chi connectivity index (χ3v) is 3.17. The van der Waals surface area contributed by atoms with Gasteiger partial charge in [-0.05, 0) is 19.3 Å². The number of hydrogen-bond donors (Lipinski definition) is 1. The van der Waals surface area contributed by atoms with E-state index < -0.39 is 0 Å². The summed E-state index contributed by atoms with van der Waals surface area (Å²) in [6.07, 6.45) is 7.48. The number of rotatable bonds is 4. The molecule has 1 aliphatic rings. The highest BCUT2D eigenvalue weighted by atomic mass is 16.5. The van der Waals surface area contributed by atoms with Gasteiger partial charge in [0, 0.05) is 13.1 Å². The fraction of sp³-hybridized carbons (Fsp3) is 0.692. The second-order valence-electron chi connectivity index (χ2n) is 4.67. The first-order valence-electron chi connectivity index (χ1n) is 6.81. The van der Waals surface area contributed by atoms with E-state index in [-0.39, 0.29) is 0 Å².